The number of carbonyl (C=O) groups excluding carboxylic acids is 1. The molecule has 2 heterocycles. The van der Waals surface area contributed by atoms with Crippen LogP contribution in [0.3, 0.4) is 0 Å². The first-order chi connectivity index (χ1) is 11.4. The highest BCUT2D eigenvalue weighted by Gasteiger charge is 2.33. The Morgan fingerprint density at radius 3 is 2.75 bits per heavy atom. The lowest BCUT2D eigenvalue weighted by atomic mass is 10.1. The van der Waals surface area contributed by atoms with Crippen molar-refractivity contribution in [1.82, 2.24) is 9.97 Å². The van der Waals surface area contributed by atoms with Crippen LogP contribution in [0.4, 0.5) is 18.3 Å². The number of nitrogens with one attached hydrogen (secondary N) is 1. The molecule has 0 unspecified atom stereocenters. The number of thiazole rings is 1. The van der Waals surface area contributed by atoms with Crippen molar-refractivity contribution >= 4 is 39.4 Å². The molecule has 0 spiro atoms. The van der Waals surface area contributed by atoms with Gasteiger partial charge in [0.2, 0.25) is 5.91 Å². The van der Waals surface area contributed by atoms with Crippen molar-refractivity contribution in [2.75, 3.05) is 5.32 Å². The van der Waals surface area contributed by atoms with Crippen molar-refractivity contribution in [1.29, 1.82) is 0 Å². The van der Waals surface area contributed by atoms with Gasteiger partial charge in [0.25, 0.3) is 0 Å². The number of aromatic nitrogens is 2. The fraction of sp³-hybridized carbons (Fsp3) is 0.0625. The maximum atomic E-state index is 12.5. The lowest BCUT2D eigenvalue weighted by Crippen LogP contribution is -2.09. The predicted octanol–water partition coefficient (Wildman–Crippen LogP) is 4.36. The number of pyridine rings is 1. The van der Waals surface area contributed by atoms with Gasteiger partial charge in [-0.25, -0.2) is 4.98 Å². The first-order valence-electron chi connectivity index (χ1n) is 6.79. The zero-order chi connectivity index (χ0) is 17.2. The van der Waals surface area contributed by atoms with E-state index >= 15 is 0 Å². The Morgan fingerprint density at radius 1 is 1.21 bits per heavy atom. The molecule has 0 radical (unpaired) electrons. The van der Waals surface area contributed by atoms with Crippen LogP contribution in [0.2, 0.25) is 0 Å². The summed E-state index contributed by atoms with van der Waals surface area (Å²) in [5.41, 5.74) is 0.445. The molecule has 0 aliphatic rings. The number of amides is 1. The summed E-state index contributed by atoms with van der Waals surface area (Å²) in [5.74, 6) is -0.564. The average Bonchev–Trinajstić information content (AvgIpc) is 3.01. The number of rotatable bonds is 3. The fourth-order valence-corrected chi connectivity index (χ4v) is 2.76. The first kappa shape index (κ1) is 16.1. The van der Waals surface area contributed by atoms with Gasteiger partial charge < -0.3 is 0 Å². The maximum absolute atomic E-state index is 12.5. The van der Waals surface area contributed by atoms with Crippen LogP contribution in [0, 0.1) is 0 Å². The van der Waals surface area contributed by atoms with Crippen molar-refractivity contribution in [3.05, 3.63) is 59.2 Å². The van der Waals surface area contributed by atoms with E-state index in [-0.39, 0.29) is 5.13 Å². The number of hydrogen-bond donors (Lipinski definition) is 1. The van der Waals surface area contributed by atoms with Crippen LogP contribution < -0.4 is 5.32 Å². The Kier molecular flexibility index (Phi) is 4.30. The molecule has 8 heteroatoms. The zero-order valence-electron chi connectivity index (χ0n) is 12.0. The van der Waals surface area contributed by atoms with Gasteiger partial charge in [-0.1, -0.05) is 24.3 Å². The van der Waals surface area contributed by atoms with Gasteiger partial charge in [-0.3, -0.25) is 15.1 Å². The molecule has 1 aromatic carbocycles. The lowest BCUT2D eigenvalue weighted by molar-refractivity contribution is -0.140. The van der Waals surface area contributed by atoms with Crippen molar-refractivity contribution in [2.45, 2.75) is 6.18 Å². The minimum Gasteiger partial charge on any atom is -0.298 e. The van der Waals surface area contributed by atoms with Gasteiger partial charge in [-0.05, 0) is 12.1 Å². The number of para-hydroxylation sites is 1. The van der Waals surface area contributed by atoms with Gasteiger partial charge >= 0.3 is 6.18 Å². The SMILES string of the molecule is O=C(/C=C/c1cccc2cccnc12)Nc1nc(C(F)(F)F)cs1. The highest BCUT2D eigenvalue weighted by Crippen LogP contribution is 2.31. The normalized spacial score (nSPS) is 12.0. The van der Waals surface area contributed by atoms with E-state index in [1.54, 1.807) is 18.3 Å². The third-order valence-corrected chi connectivity index (χ3v) is 3.86. The topological polar surface area (TPSA) is 54.9 Å². The first-order valence-corrected chi connectivity index (χ1v) is 7.67. The molecule has 0 atom stereocenters. The number of benzene rings is 1. The number of nitrogens with zero attached hydrogens (tertiary/aromatic N) is 2. The number of hydrogen-bond acceptors (Lipinski definition) is 4. The molecule has 0 fully saturated rings. The fourth-order valence-electron chi connectivity index (χ4n) is 2.04. The molecule has 0 aliphatic carbocycles. The van der Waals surface area contributed by atoms with E-state index < -0.39 is 17.8 Å². The third kappa shape index (κ3) is 3.60. The van der Waals surface area contributed by atoms with Gasteiger partial charge in [0, 0.05) is 28.6 Å². The van der Waals surface area contributed by atoms with E-state index in [2.05, 4.69) is 15.3 Å². The van der Waals surface area contributed by atoms with Crippen molar-refractivity contribution < 1.29 is 18.0 Å². The molecule has 0 bridgehead atoms. The summed E-state index contributed by atoms with van der Waals surface area (Å²) >= 11 is 0.720. The lowest BCUT2D eigenvalue weighted by Gasteiger charge is -2.01. The highest BCUT2D eigenvalue weighted by atomic mass is 32.1. The number of carbonyl (C=O) groups is 1. The Hall–Kier alpha value is -2.74. The molecule has 1 amide bonds. The molecule has 0 saturated carbocycles. The smallest absolute Gasteiger partial charge is 0.298 e. The summed E-state index contributed by atoms with van der Waals surface area (Å²) in [6, 6.07) is 9.23. The number of fused-ring (bicyclic) bond motifs is 1. The molecule has 0 aliphatic heterocycles. The summed E-state index contributed by atoms with van der Waals surface area (Å²) in [4.78, 5) is 19.4. The minimum atomic E-state index is -4.52. The third-order valence-electron chi connectivity index (χ3n) is 3.10. The van der Waals surface area contributed by atoms with Gasteiger partial charge in [0.1, 0.15) is 0 Å². The van der Waals surface area contributed by atoms with E-state index in [0.717, 1.165) is 33.2 Å². The van der Waals surface area contributed by atoms with Gasteiger partial charge in [-0.15, -0.1) is 11.3 Å². The Balaban J connectivity index is 1.74. The molecule has 1 N–H and O–H groups in total. The quantitative estimate of drug-likeness (QED) is 0.715. The number of halogens is 3. The van der Waals surface area contributed by atoms with Crippen molar-refractivity contribution in [3.63, 3.8) is 0 Å². The standard InChI is InChI=1S/C16H10F3N3OS/c17-16(18,19)12-9-24-15(21-12)22-13(23)7-6-11-4-1-3-10-5-2-8-20-14(10)11/h1-9H,(H,21,22,23)/b7-6+. The molecule has 2 aromatic heterocycles. The largest absolute Gasteiger partial charge is 0.434 e. The number of anilines is 1. The van der Waals surface area contributed by atoms with Crippen molar-refractivity contribution in [2.24, 2.45) is 0 Å². The predicted molar refractivity (Wildman–Crippen MR) is 86.5 cm³/mol. The van der Waals surface area contributed by atoms with E-state index in [9.17, 15) is 18.0 Å². The van der Waals surface area contributed by atoms with E-state index in [1.807, 2.05) is 24.3 Å². The maximum Gasteiger partial charge on any atom is 0.434 e. The van der Waals surface area contributed by atoms with Crippen LogP contribution in [0.25, 0.3) is 17.0 Å². The zero-order valence-corrected chi connectivity index (χ0v) is 12.9. The second-order valence-electron chi connectivity index (χ2n) is 4.78. The van der Waals surface area contributed by atoms with E-state index in [4.69, 9.17) is 0 Å². The monoisotopic (exact) mass is 349 g/mol. The summed E-state index contributed by atoms with van der Waals surface area (Å²) in [5, 5.41) is 3.99. The van der Waals surface area contributed by atoms with Gasteiger partial charge in [0.05, 0.1) is 5.52 Å². The second-order valence-corrected chi connectivity index (χ2v) is 5.64. The molecular formula is C16H10F3N3OS. The Bertz CT molecular complexity index is 913. The molecule has 3 rings (SSSR count). The summed E-state index contributed by atoms with van der Waals surface area (Å²) in [6.07, 6.45) is -0.0843. The minimum absolute atomic E-state index is 0.104. The van der Waals surface area contributed by atoms with E-state index in [1.165, 1.54) is 6.08 Å². The molecule has 24 heavy (non-hydrogen) atoms. The number of alkyl halides is 3. The Morgan fingerprint density at radius 2 is 2.00 bits per heavy atom. The summed E-state index contributed by atoms with van der Waals surface area (Å²) in [6.45, 7) is 0. The summed E-state index contributed by atoms with van der Waals surface area (Å²) in [7, 11) is 0. The molecule has 4 nitrogen and oxygen atoms in total. The van der Waals surface area contributed by atoms with Crippen LogP contribution in [0.5, 0.6) is 0 Å². The second kappa shape index (κ2) is 6.40. The molecule has 3 aromatic rings. The van der Waals surface area contributed by atoms with Crippen LogP contribution in [-0.4, -0.2) is 15.9 Å². The Labute approximate surface area is 138 Å². The van der Waals surface area contributed by atoms with E-state index in [0.29, 0.717) is 0 Å². The van der Waals surface area contributed by atoms with Crippen LogP contribution in [0.1, 0.15) is 11.3 Å². The van der Waals surface area contributed by atoms with Crippen molar-refractivity contribution in [3.8, 4) is 0 Å². The van der Waals surface area contributed by atoms with Crippen LogP contribution in [-0.2, 0) is 11.0 Å². The molecular weight excluding hydrogens is 339 g/mol. The van der Waals surface area contributed by atoms with Gasteiger partial charge in [0.15, 0.2) is 10.8 Å². The average molecular weight is 349 g/mol. The van der Waals surface area contributed by atoms with Crippen LogP contribution >= 0.6 is 11.3 Å². The molecule has 122 valence electrons. The van der Waals surface area contributed by atoms with Crippen LogP contribution in [0.15, 0.2) is 48.0 Å². The summed E-state index contributed by atoms with van der Waals surface area (Å²) < 4.78 is 37.4. The highest BCUT2D eigenvalue weighted by molar-refractivity contribution is 7.14. The van der Waals surface area contributed by atoms with Gasteiger partial charge in [-0.2, -0.15) is 13.2 Å². The molecule has 0 saturated heterocycles.